The summed E-state index contributed by atoms with van der Waals surface area (Å²) in [5, 5.41) is 21.3. The van der Waals surface area contributed by atoms with Gasteiger partial charge >= 0.3 is 12.1 Å². The van der Waals surface area contributed by atoms with Gasteiger partial charge in [-0.15, -0.1) is 0 Å². The van der Waals surface area contributed by atoms with Crippen molar-refractivity contribution < 1.29 is 24.2 Å². The predicted molar refractivity (Wildman–Crippen MR) is 145 cm³/mol. The van der Waals surface area contributed by atoms with Crippen molar-refractivity contribution in [3.8, 4) is 5.75 Å². The number of aromatic hydroxyl groups is 1. The third kappa shape index (κ3) is 9.94. The van der Waals surface area contributed by atoms with E-state index >= 15 is 0 Å². The lowest BCUT2D eigenvalue weighted by Crippen LogP contribution is -2.33. The molecule has 0 fully saturated rings. The number of carbonyl (C=O) groups excluding carboxylic acids is 3. The number of ether oxygens (including phenoxy) is 1. The Balaban J connectivity index is 1.78. The van der Waals surface area contributed by atoms with Crippen molar-refractivity contribution in [1.29, 1.82) is 0 Å². The average Bonchev–Trinajstić information content (AvgIpc) is 2.78. The molecule has 9 nitrogen and oxygen atoms in total. The lowest BCUT2D eigenvalue weighted by atomic mass is 10.1. The molecule has 0 aliphatic heterocycles. The highest BCUT2D eigenvalue weighted by Crippen LogP contribution is 2.33. The fourth-order valence-electron chi connectivity index (χ4n) is 3.12. The minimum Gasteiger partial charge on any atom is -0.505 e. The zero-order chi connectivity index (χ0) is 26.7. The number of amides is 4. The van der Waals surface area contributed by atoms with Gasteiger partial charge in [0.1, 0.15) is 11.2 Å². The molecule has 2 aromatic carbocycles. The maximum atomic E-state index is 12.6. The molecule has 196 valence electrons. The number of nitrogens with one attached hydrogen (secondary N) is 4. The van der Waals surface area contributed by atoms with Gasteiger partial charge in [-0.25, -0.2) is 9.59 Å². The Morgan fingerprint density at radius 3 is 2.17 bits per heavy atom. The fourth-order valence-corrected chi connectivity index (χ4v) is 3.74. The van der Waals surface area contributed by atoms with E-state index in [4.69, 9.17) is 16.3 Å². The Morgan fingerprint density at radius 2 is 1.53 bits per heavy atom. The van der Waals surface area contributed by atoms with Crippen molar-refractivity contribution >= 4 is 56.9 Å². The SMILES string of the molecule is CC(C)(C)OC(=O)NCCCCCCNC(=O)c1c(Cl)ccc(NC(=O)Nc2ccccc2Br)c1O. The van der Waals surface area contributed by atoms with Crippen molar-refractivity contribution in [2.24, 2.45) is 0 Å². The second kappa shape index (κ2) is 13.9. The molecule has 4 amide bonds. The number of unbranched alkanes of at least 4 members (excludes halogenated alkanes) is 3. The Kier molecular flexibility index (Phi) is 11.3. The molecule has 0 saturated carbocycles. The van der Waals surface area contributed by atoms with Gasteiger partial charge in [-0.3, -0.25) is 4.79 Å². The third-order valence-corrected chi connectivity index (χ3v) is 5.79. The summed E-state index contributed by atoms with van der Waals surface area (Å²) in [6, 6.07) is 9.32. The van der Waals surface area contributed by atoms with Gasteiger partial charge in [0.2, 0.25) is 0 Å². The van der Waals surface area contributed by atoms with E-state index in [1.165, 1.54) is 12.1 Å². The van der Waals surface area contributed by atoms with E-state index in [1.54, 1.807) is 18.2 Å². The Bertz CT molecular complexity index is 1070. The molecular weight excluding hydrogens is 552 g/mol. The maximum absolute atomic E-state index is 12.6. The summed E-state index contributed by atoms with van der Waals surface area (Å²) in [5.41, 5.74) is -0.0492. The molecule has 2 rings (SSSR count). The molecule has 36 heavy (non-hydrogen) atoms. The molecule has 0 atom stereocenters. The number of halogens is 2. The Hall–Kier alpha value is -2.98. The van der Waals surface area contributed by atoms with Gasteiger partial charge in [0, 0.05) is 17.6 Å². The van der Waals surface area contributed by atoms with Gasteiger partial charge in [-0.1, -0.05) is 36.6 Å². The van der Waals surface area contributed by atoms with E-state index in [2.05, 4.69) is 37.2 Å². The van der Waals surface area contributed by atoms with E-state index in [9.17, 15) is 19.5 Å². The largest absolute Gasteiger partial charge is 0.505 e. The third-order valence-electron chi connectivity index (χ3n) is 4.78. The molecule has 0 saturated heterocycles. The first-order valence-electron chi connectivity index (χ1n) is 11.6. The van der Waals surface area contributed by atoms with Gasteiger partial charge in [0.05, 0.1) is 16.4 Å². The second-order valence-corrected chi connectivity index (χ2v) is 10.2. The number of phenolic OH excluding ortho intramolecular Hbond substituents is 1. The molecule has 0 aliphatic rings. The number of carbonyl (C=O) groups is 3. The summed E-state index contributed by atoms with van der Waals surface area (Å²) < 4.78 is 5.87. The first-order valence-corrected chi connectivity index (χ1v) is 12.7. The minimum absolute atomic E-state index is 0.0478. The monoisotopic (exact) mass is 582 g/mol. The number of hydrogen-bond donors (Lipinski definition) is 5. The number of anilines is 2. The summed E-state index contributed by atoms with van der Waals surface area (Å²) in [7, 11) is 0. The standard InChI is InChI=1S/C25H32BrClN4O5/c1-25(2,3)36-24(35)29-15-9-5-4-8-14-28-22(33)20-17(27)12-13-19(21(20)32)31-23(34)30-18-11-7-6-10-16(18)26/h6-7,10-13,32H,4-5,8-9,14-15H2,1-3H3,(H,28,33)(H,29,35)(H2,30,31,34). The van der Waals surface area contributed by atoms with Crippen LogP contribution in [0, 0.1) is 0 Å². The van der Waals surface area contributed by atoms with Crippen molar-refractivity contribution in [2.45, 2.75) is 52.1 Å². The fraction of sp³-hybridized carbons (Fsp3) is 0.400. The predicted octanol–water partition coefficient (Wildman–Crippen LogP) is 6.27. The number of hydrogen-bond acceptors (Lipinski definition) is 5. The van der Waals surface area contributed by atoms with E-state index in [1.807, 2.05) is 26.8 Å². The van der Waals surface area contributed by atoms with Crippen LogP contribution in [0.15, 0.2) is 40.9 Å². The van der Waals surface area contributed by atoms with Crippen molar-refractivity contribution in [1.82, 2.24) is 10.6 Å². The normalized spacial score (nSPS) is 10.9. The van der Waals surface area contributed by atoms with Crippen LogP contribution in [0.5, 0.6) is 5.75 Å². The van der Waals surface area contributed by atoms with Gasteiger partial charge in [-0.2, -0.15) is 0 Å². The maximum Gasteiger partial charge on any atom is 0.407 e. The molecule has 0 heterocycles. The highest BCUT2D eigenvalue weighted by atomic mass is 79.9. The molecular formula is C25H32BrClN4O5. The molecule has 0 aliphatic carbocycles. The highest BCUT2D eigenvalue weighted by molar-refractivity contribution is 9.10. The van der Waals surface area contributed by atoms with Crippen LogP contribution in [0.4, 0.5) is 21.0 Å². The van der Waals surface area contributed by atoms with E-state index < -0.39 is 29.4 Å². The summed E-state index contributed by atoms with van der Waals surface area (Å²) in [6.07, 6.45) is 2.77. The minimum atomic E-state index is -0.591. The van der Waals surface area contributed by atoms with Crippen LogP contribution in [0.1, 0.15) is 56.8 Å². The molecule has 11 heteroatoms. The number of rotatable bonds is 10. The summed E-state index contributed by atoms with van der Waals surface area (Å²) in [4.78, 5) is 36.6. The van der Waals surface area contributed by atoms with Crippen molar-refractivity contribution in [2.75, 3.05) is 23.7 Å². The zero-order valence-electron chi connectivity index (χ0n) is 20.5. The van der Waals surface area contributed by atoms with Crippen LogP contribution in [0.25, 0.3) is 0 Å². The Morgan fingerprint density at radius 1 is 0.917 bits per heavy atom. The van der Waals surface area contributed by atoms with Crippen molar-refractivity contribution in [3.63, 3.8) is 0 Å². The number of para-hydroxylation sites is 1. The van der Waals surface area contributed by atoms with E-state index in [-0.39, 0.29) is 16.3 Å². The topological polar surface area (TPSA) is 129 Å². The molecule has 5 N–H and O–H groups in total. The van der Waals surface area contributed by atoms with Gasteiger partial charge in [0.25, 0.3) is 5.91 Å². The molecule has 0 aromatic heterocycles. The van der Waals surface area contributed by atoms with Crippen molar-refractivity contribution in [3.05, 3.63) is 51.5 Å². The van der Waals surface area contributed by atoms with Crippen LogP contribution in [-0.2, 0) is 4.74 Å². The van der Waals surface area contributed by atoms with Crippen LogP contribution in [0.2, 0.25) is 5.02 Å². The molecule has 0 radical (unpaired) electrons. The van der Waals surface area contributed by atoms with Gasteiger partial charge in [-0.05, 0) is 73.8 Å². The second-order valence-electron chi connectivity index (χ2n) is 8.98. The lowest BCUT2D eigenvalue weighted by Gasteiger charge is -2.19. The molecule has 0 spiro atoms. The van der Waals surface area contributed by atoms with Crippen LogP contribution in [-0.4, -0.2) is 41.8 Å². The van der Waals surface area contributed by atoms with Gasteiger partial charge < -0.3 is 31.1 Å². The first kappa shape index (κ1) is 29.3. The first-order chi connectivity index (χ1) is 17.0. The smallest absolute Gasteiger partial charge is 0.407 e. The summed E-state index contributed by atoms with van der Waals surface area (Å²) in [6.45, 7) is 6.32. The number of urea groups is 1. The zero-order valence-corrected chi connectivity index (χ0v) is 22.9. The molecule has 0 bridgehead atoms. The molecule has 2 aromatic rings. The summed E-state index contributed by atoms with van der Waals surface area (Å²) in [5.74, 6) is -0.963. The highest BCUT2D eigenvalue weighted by Gasteiger charge is 2.20. The van der Waals surface area contributed by atoms with E-state index in [0.29, 0.717) is 29.7 Å². The lowest BCUT2D eigenvalue weighted by molar-refractivity contribution is 0.0526. The van der Waals surface area contributed by atoms with Crippen LogP contribution in [0.3, 0.4) is 0 Å². The summed E-state index contributed by atoms with van der Waals surface area (Å²) >= 11 is 9.49. The number of phenols is 1. The van der Waals surface area contributed by atoms with Crippen LogP contribution < -0.4 is 21.3 Å². The average molecular weight is 584 g/mol. The van der Waals surface area contributed by atoms with Gasteiger partial charge in [0.15, 0.2) is 5.75 Å². The van der Waals surface area contributed by atoms with Crippen LogP contribution >= 0.6 is 27.5 Å². The van der Waals surface area contributed by atoms with E-state index in [0.717, 1.165) is 19.3 Å². The quantitative estimate of drug-likeness (QED) is 0.166. The molecule has 0 unspecified atom stereocenters. The number of benzene rings is 2. The Labute approximate surface area is 224 Å². The number of alkyl carbamates (subject to hydrolysis) is 1.